The number of hydrogen-bond donors (Lipinski definition) is 0. The highest BCUT2D eigenvalue weighted by molar-refractivity contribution is 8.08. The predicted molar refractivity (Wildman–Crippen MR) is 129 cm³/mol. The van der Waals surface area contributed by atoms with Crippen molar-refractivity contribution in [2.45, 2.75) is 31.8 Å². The van der Waals surface area contributed by atoms with Crippen molar-refractivity contribution in [3.05, 3.63) is 73.1 Å². The van der Waals surface area contributed by atoms with Crippen LogP contribution < -0.4 is 48.2 Å². The smallest absolute Gasteiger partial charge is 0.271 e. The number of aromatic nitrogens is 2. The Balaban J connectivity index is 0.00000231. The van der Waals surface area contributed by atoms with Crippen molar-refractivity contribution >= 4 is 61.4 Å². The molecule has 0 radical (unpaired) electrons. The molecule has 8 heteroatoms. The number of aryl methyl sites for hydroxylation is 1. The Kier molecular flexibility index (Phi) is 6.62. The Labute approximate surface area is 210 Å². The number of para-hydroxylation sites is 2. The van der Waals surface area contributed by atoms with E-state index in [1.54, 1.807) is 34.4 Å². The predicted octanol–water partition coefficient (Wildman–Crippen LogP) is 0.592. The molecule has 1 aliphatic rings. The minimum atomic E-state index is 0. The molecule has 0 amide bonds. The number of rotatable bonds is 3. The Morgan fingerprint density at radius 3 is 2.52 bits per heavy atom. The number of hydrogen-bond acceptors (Lipinski definition) is 5. The van der Waals surface area contributed by atoms with Gasteiger partial charge in [0.25, 0.3) is 10.6 Å². The maximum Gasteiger partial charge on any atom is 0.271 e. The summed E-state index contributed by atoms with van der Waals surface area (Å²) in [6, 6.07) is 16.8. The van der Waals surface area contributed by atoms with E-state index in [1.165, 1.54) is 20.1 Å². The Morgan fingerprint density at radius 1 is 1.03 bits per heavy atom. The summed E-state index contributed by atoms with van der Waals surface area (Å²) in [7, 11) is 2.05. The lowest BCUT2D eigenvalue weighted by molar-refractivity contribution is -0.665. The maximum atomic E-state index is 13.3. The second-order valence-electron chi connectivity index (χ2n) is 7.05. The van der Waals surface area contributed by atoms with Crippen molar-refractivity contribution in [1.82, 2.24) is 4.57 Å². The van der Waals surface area contributed by atoms with Gasteiger partial charge in [-0.05, 0) is 32.0 Å². The number of halogens is 1. The molecule has 0 saturated heterocycles. The molecule has 0 bridgehead atoms. The number of nitrogens with zero attached hydrogens (tertiary/aromatic N) is 3. The average Bonchev–Trinajstić information content (AvgIpc) is 3.39. The quantitative estimate of drug-likeness (QED) is 0.263. The van der Waals surface area contributed by atoms with Crippen LogP contribution in [0, 0.1) is 0 Å². The van der Waals surface area contributed by atoms with Crippen molar-refractivity contribution in [3.8, 4) is 0 Å². The van der Waals surface area contributed by atoms with Gasteiger partial charge in [0.05, 0.1) is 11.8 Å². The fourth-order valence-corrected chi connectivity index (χ4v) is 7.55. The number of fused-ring (bicyclic) bond motifs is 2. The Morgan fingerprint density at radius 2 is 1.77 bits per heavy atom. The Hall–Kier alpha value is -1.62. The molecule has 4 aromatic rings. The minimum absolute atomic E-state index is 0. The molecule has 0 saturated carbocycles. The first-order valence-electron chi connectivity index (χ1n) is 10.00. The molecule has 31 heavy (non-hydrogen) atoms. The lowest BCUT2D eigenvalue weighted by Gasteiger charge is -2.11. The summed E-state index contributed by atoms with van der Waals surface area (Å²) in [5.41, 5.74) is 2.50. The van der Waals surface area contributed by atoms with Gasteiger partial charge in [0, 0.05) is 24.6 Å². The van der Waals surface area contributed by atoms with Crippen molar-refractivity contribution in [2.75, 3.05) is 11.9 Å². The van der Waals surface area contributed by atoms with Gasteiger partial charge in [-0.25, -0.2) is 0 Å². The zero-order valence-corrected chi connectivity index (χ0v) is 22.1. The standard InChI is InChI=1S/C23H22N3OS3.HI/c1-4-25-16-11-7-9-13-18(16)28-19(25)14-20-26(5-2)22(27)21(30-20)23-24(3)15-10-6-8-12-17(15)29-23;/h6-14H,4-5H2,1-3H3;1H/q+1;/p-1/b23-21+;. The van der Waals surface area contributed by atoms with Gasteiger partial charge in [-0.15, -0.1) is 11.3 Å². The maximum absolute atomic E-state index is 13.3. The van der Waals surface area contributed by atoms with Gasteiger partial charge < -0.3 is 28.9 Å². The lowest BCUT2D eigenvalue weighted by Crippen LogP contribution is -3.00. The summed E-state index contributed by atoms with van der Waals surface area (Å²) in [6.07, 6.45) is 2.18. The highest BCUT2D eigenvalue weighted by Gasteiger charge is 2.24. The lowest BCUT2D eigenvalue weighted by atomic mass is 10.3. The summed E-state index contributed by atoms with van der Waals surface area (Å²) >= 11 is 5.06. The van der Waals surface area contributed by atoms with Gasteiger partial charge in [0.1, 0.15) is 25.5 Å². The van der Waals surface area contributed by atoms with Gasteiger partial charge in [-0.3, -0.25) is 9.36 Å². The molecule has 2 aromatic carbocycles. The summed E-state index contributed by atoms with van der Waals surface area (Å²) in [5, 5.41) is 2.20. The normalized spacial score (nSPS) is 15.5. The van der Waals surface area contributed by atoms with Crippen LogP contribution in [0.3, 0.4) is 0 Å². The van der Waals surface area contributed by atoms with Crippen molar-refractivity contribution in [1.29, 1.82) is 0 Å². The average molecular weight is 580 g/mol. The number of thioether (sulfide) groups is 1. The van der Waals surface area contributed by atoms with Gasteiger partial charge in [-0.1, -0.05) is 47.4 Å². The molecular formula is C23H22IN3OS3. The van der Waals surface area contributed by atoms with Crippen molar-refractivity contribution in [2.24, 2.45) is 0 Å². The molecule has 0 unspecified atom stereocenters. The molecule has 5 rings (SSSR count). The fourth-order valence-electron chi connectivity index (χ4n) is 3.86. The third-order valence-corrected chi connectivity index (χ3v) is 8.96. The first kappa shape index (κ1) is 22.6. The van der Waals surface area contributed by atoms with Crippen LogP contribution in [0.25, 0.3) is 21.3 Å². The van der Waals surface area contributed by atoms with E-state index < -0.39 is 0 Å². The zero-order chi connectivity index (χ0) is 20.8. The summed E-state index contributed by atoms with van der Waals surface area (Å²) in [4.78, 5) is 16.7. The van der Waals surface area contributed by atoms with E-state index in [2.05, 4.69) is 58.9 Å². The molecule has 0 N–H and O–H groups in total. The van der Waals surface area contributed by atoms with Crippen LogP contribution in [0.1, 0.15) is 18.9 Å². The van der Waals surface area contributed by atoms with E-state index >= 15 is 0 Å². The fraction of sp³-hybridized carbons (Fsp3) is 0.217. The monoisotopic (exact) mass is 579 g/mol. The number of anilines is 1. The second kappa shape index (κ2) is 9.09. The van der Waals surface area contributed by atoms with E-state index in [4.69, 9.17) is 0 Å². The van der Waals surface area contributed by atoms with Gasteiger partial charge >= 0.3 is 0 Å². The highest BCUT2D eigenvalue weighted by atomic mass is 127. The summed E-state index contributed by atoms with van der Waals surface area (Å²) in [6.45, 7) is 5.77. The van der Waals surface area contributed by atoms with Crippen LogP contribution in [0.4, 0.5) is 5.69 Å². The minimum Gasteiger partial charge on any atom is -1.00 e. The number of benzene rings is 2. The largest absolute Gasteiger partial charge is 1.00 e. The summed E-state index contributed by atoms with van der Waals surface area (Å²) in [5.74, 6) is 0. The molecule has 160 valence electrons. The third-order valence-electron chi connectivity index (χ3n) is 5.36. The molecule has 0 atom stereocenters. The third kappa shape index (κ3) is 3.77. The molecule has 1 aliphatic heterocycles. The second-order valence-corrected chi connectivity index (χ2v) is 10.2. The van der Waals surface area contributed by atoms with Gasteiger partial charge in [-0.2, -0.15) is 4.57 Å². The van der Waals surface area contributed by atoms with Crippen LogP contribution in [0.15, 0.2) is 58.2 Å². The van der Waals surface area contributed by atoms with Crippen molar-refractivity contribution in [3.63, 3.8) is 0 Å². The SMILES string of the molecule is CCn1c(=O)/c(=C2\Sc3ccccc3N2C)s/c1=C\c1sc2ccccc2[n+]1CC.[I-]. The summed E-state index contributed by atoms with van der Waals surface area (Å²) < 4.78 is 7.31. The molecule has 0 spiro atoms. The van der Waals surface area contributed by atoms with Crippen molar-refractivity contribution < 1.29 is 28.5 Å². The van der Waals surface area contributed by atoms with E-state index in [-0.39, 0.29) is 29.5 Å². The molecular weight excluding hydrogens is 557 g/mol. The van der Waals surface area contributed by atoms with Crippen LogP contribution in [0.5, 0.6) is 0 Å². The molecule has 0 fully saturated rings. The van der Waals surface area contributed by atoms with E-state index in [0.29, 0.717) is 6.54 Å². The van der Waals surface area contributed by atoms with Gasteiger partial charge in [0.2, 0.25) is 5.52 Å². The van der Waals surface area contributed by atoms with Gasteiger partial charge in [0.15, 0.2) is 0 Å². The molecule has 3 heterocycles. The van der Waals surface area contributed by atoms with Crippen LogP contribution >= 0.6 is 34.4 Å². The zero-order valence-electron chi connectivity index (χ0n) is 17.5. The first-order chi connectivity index (χ1) is 14.6. The first-order valence-corrected chi connectivity index (χ1v) is 12.4. The van der Waals surface area contributed by atoms with E-state index in [1.807, 2.05) is 30.7 Å². The Bertz CT molecular complexity index is 1450. The highest BCUT2D eigenvalue weighted by Crippen LogP contribution is 2.44. The van der Waals surface area contributed by atoms with Crippen LogP contribution in [-0.2, 0) is 13.1 Å². The topological polar surface area (TPSA) is 29.1 Å². The molecule has 0 aliphatic carbocycles. The molecule has 2 aromatic heterocycles. The van der Waals surface area contributed by atoms with E-state index in [9.17, 15) is 4.79 Å². The van der Waals surface area contributed by atoms with Crippen LogP contribution in [0.2, 0.25) is 0 Å². The number of thiazole rings is 2. The molecule has 4 nitrogen and oxygen atoms in total. The van der Waals surface area contributed by atoms with E-state index in [0.717, 1.165) is 26.5 Å². The van der Waals surface area contributed by atoms with Crippen LogP contribution in [-0.4, -0.2) is 11.6 Å².